The van der Waals surface area contributed by atoms with Gasteiger partial charge < -0.3 is 11.1 Å². The van der Waals surface area contributed by atoms with Crippen LogP contribution in [0.1, 0.15) is 13.3 Å². The van der Waals surface area contributed by atoms with Crippen LogP contribution in [0.25, 0.3) is 0 Å². The second-order valence-electron chi connectivity index (χ2n) is 3.19. The number of rotatable bonds is 4. The molecule has 1 aromatic rings. The van der Waals surface area contributed by atoms with Crippen LogP contribution in [0.3, 0.4) is 0 Å². The number of benzene rings is 1. The number of nitrogens with two attached hydrogens (primary N) is 1. The third-order valence-corrected chi connectivity index (χ3v) is 2.54. The van der Waals surface area contributed by atoms with Gasteiger partial charge in [-0.15, -0.1) is 0 Å². The fourth-order valence-electron chi connectivity index (χ4n) is 1.03. The molecule has 0 atom stereocenters. The number of halogens is 1. The second kappa shape index (κ2) is 5.05. The summed E-state index contributed by atoms with van der Waals surface area (Å²) in [6.07, 6.45) is 0.987. The molecule has 0 radical (unpaired) electrons. The maximum Gasteiger partial charge on any atom is 0.0587 e. The topological polar surface area (TPSA) is 38.0 Å². The van der Waals surface area contributed by atoms with E-state index >= 15 is 0 Å². The van der Waals surface area contributed by atoms with Gasteiger partial charge in [-0.3, -0.25) is 0 Å². The summed E-state index contributed by atoms with van der Waals surface area (Å²) in [5.74, 6) is 0. The van der Waals surface area contributed by atoms with Crippen LogP contribution in [-0.2, 0) is 0 Å². The molecule has 0 aliphatic heterocycles. The minimum absolute atomic E-state index is 0.761. The second-order valence-corrected chi connectivity index (χ2v) is 4.10. The first-order chi connectivity index (χ1) is 6.63. The zero-order chi connectivity index (χ0) is 10.6. The third kappa shape index (κ3) is 3.07. The zero-order valence-corrected chi connectivity index (χ0v) is 9.89. The Balaban J connectivity index is 2.66. The molecule has 0 heterocycles. The molecule has 76 valence electrons. The van der Waals surface area contributed by atoms with E-state index in [4.69, 9.17) is 5.73 Å². The molecule has 0 aliphatic rings. The predicted octanol–water partition coefficient (Wildman–Crippen LogP) is 3.41. The molecule has 0 bridgehead atoms. The molecule has 0 spiro atoms. The zero-order valence-electron chi connectivity index (χ0n) is 8.31. The van der Waals surface area contributed by atoms with Gasteiger partial charge in [0.1, 0.15) is 0 Å². The van der Waals surface area contributed by atoms with Crippen molar-refractivity contribution < 1.29 is 0 Å². The van der Waals surface area contributed by atoms with Crippen LogP contribution in [-0.4, -0.2) is 6.54 Å². The lowest BCUT2D eigenvalue weighted by molar-refractivity contribution is 1.05. The van der Waals surface area contributed by atoms with E-state index in [-0.39, 0.29) is 0 Å². The van der Waals surface area contributed by atoms with Gasteiger partial charge in [-0.1, -0.05) is 35.0 Å². The van der Waals surface area contributed by atoms with Crippen molar-refractivity contribution in [2.24, 2.45) is 0 Å². The summed E-state index contributed by atoms with van der Waals surface area (Å²) < 4.78 is 1.02. The lowest BCUT2D eigenvalue weighted by Gasteiger charge is -2.10. The maximum atomic E-state index is 5.80. The number of anilines is 2. The minimum Gasteiger partial charge on any atom is -0.397 e. The van der Waals surface area contributed by atoms with Crippen molar-refractivity contribution >= 4 is 27.3 Å². The van der Waals surface area contributed by atoms with E-state index in [9.17, 15) is 0 Å². The molecule has 0 fully saturated rings. The summed E-state index contributed by atoms with van der Waals surface area (Å²) in [5.41, 5.74) is 8.69. The molecule has 0 saturated heterocycles. The van der Waals surface area contributed by atoms with Crippen molar-refractivity contribution in [2.75, 3.05) is 17.6 Å². The standard InChI is InChI=1S/C11H15BrN2/c1-3-8(2)7-14-11-6-9(12)4-5-10(11)13/h4-6,14H,2-3,7,13H2,1H3. The van der Waals surface area contributed by atoms with Crippen LogP contribution >= 0.6 is 15.9 Å². The highest BCUT2D eigenvalue weighted by molar-refractivity contribution is 9.10. The van der Waals surface area contributed by atoms with Gasteiger partial charge in [-0.25, -0.2) is 0 Å². The van der Waals surface area contributed by atoms with E-state index in [2.05, 4.69) is 34.7 Å². The Kier molecular flexibility index (Phi) is 4.01. The van der Waals surface area contributed by atoms with Crippen molar-refractivity contribution in [2.45, 2.75) is 13.3 Å². The molecule has 0 amide bonds. The van der Waals surface area contributed by atoms with E-state index in [1.165, 1.54) is 5.57 Å². The molecule has 0 aliphatic carbocycles. The quantitative estimate of drug-likeness (QED) is 0.639. The Morgan fingerprint density at radius 1 is 1.57 bits per heavy atom. The van der Waals surface area contributed by atoms with Crippen molar-refractivity contribution in [1.82, 2.24) is 0 Å². The van der Waals surface area contributed by atoms with Gasteiger partial charge in [0.15, 0.2) is 0 Å². The van der Waals surface area contributed by atoms with Crippen molar-refractivity contribution in [3.05, 3.63) is 34.8 Å². The molecule has 3 N–H and O–H groups in total. The van der Waals surface area contributed by atoms with Crippen LogP contribution in [0.5, 0.6) is 0 Å². The molecular weight excluding hydrogens is 240 g/mol. The van der Waals surface area contributed by atoms with E-state index in [0.29, 0.717) is 0 Å². The number of hydrogen-bond acceptors (Lipinski definition) is 2. The van der Waals surface area contributed by atoms with E-state index < -0.39 is 0 Å². The van der Waals surface area contributed by atoms with E-state index in [1.807, 2.05) is 18.2 Å². The van der Waals surface area contributed by atoms with Crippen molar-refractivity contribution in [1.29, 1.82) is 0 Å². The highest BCUT2D eigenvalue weighted by Crippen LogP contribution is 2.23. The van der Waals surface area contributed by atoms with Crippen LogP contribution in [0.4, 0.5) is 11.4 Å². The molecule has 0 saturated carbocycles. The Labute approximate surface area is 93.3 Å². The van der Waals surface area contributed by atoms with Crippen LogP contribution in [0.15, 0.2) is 34.8 Å². The lowest BCUT2D eigenvalue weighted by atomic mass is 10.2. The monoisotopic (exact) mass is 254 g/mol. The average molecular weight is 255 g/mol. The van der Waals surface area contributed by atoms with Gasteiger partial charge in [0.05, 0.1) is 11.4 Å². The maximum absolute atomic E-state index is 5.80. The predicted molar refractivity (Wildman–Crippen MR) is 66.5 cm³/mol. The number of nitrogens with one attached hydrogen (secondary N) is 1. The van der Waals surface area contributed by atoms with Crippen LogP contribution in [0.2, 0.25) is 0 Å². The summed E-state index contributed by atoms with van der Waals surface area (Å²) in [4.78, 5) is 0. The van der Waals surface area contributed by atoms with Gasteiger partial charge in [-0.2, -0.15) is 0 Å². The summed E-state index contributed by atoms with van der Waals surface area (Å²) in [5, 5.41) is 3.25. The van der Waals surface area contributed by atoms with Gasteiger partial charge >= 0.3 is 0 Å². The fourth-order valence-corrected chi connectivity index (χ4v) is 1.39. The van der Waals surface area contributed by atoms with Crippen molar-refractivity contribution in [3.63, 3.8) is 0 Å². The normalized spacial score (nSPS) is 9.86. The largest absolute Gasteiger partial charge is 0.397 e. The summed E-state index contributed by atoms with van der Waals surface area (Å²) in [6, 6.07) is 5.77. The molecule has 2 nitrogen and oxygen atoms in total. The SMILES string of the molecule is C=C(CC)CNc1cc(Br)ccc1N. The first kappa shape index (κ1) is 11.1. The summed E-state index contributed by atoms with van der Waals surface area (Å²) in [7, 11) is 0. The van der Waals surface area contributed by atoms with Gasteiger partial charge in [-0.05, 0) is 24.6 Å². The molecular formula is C11H15BrN2. The smallest absolute Gasteiger partial charge is 0.0587 e. The van der Waals surface area contributed by atoms with Crippen LogP contribution < -0.4 is 11.1 Å². The number of nitrogen functional groups attached to an aromatic ring is 1. The average Bonchev–Trinajstić information content (AvgIpc) is 2.19. The molecule has 0 unspecified atom stereocenters. The van der Waals surface area contributed by atoms with Crippen molar-refractivity contribution in [3.8, 4) is 0 Å². The van der Waals surface area contributed by atoms with Gasteiger partial charge in [0.25, 0.3) is 0 Å². The number of hydrogen-bond donors (Lipinski definition) is 2. The van der Waals surface area contributed by atoms with Crippen LogP contribution in [0, 0.1) is 0 Å². The Hall–Kier alpha value is -0.960. The Bertz CT molecular complexity index is 334. The first-order valence-corrected chi connectivity index (χ1v) is 5.38. The molecule has 1 aromatic carbocycles. The summed E-state index contributed by atoms with van der Waals surface area (Å²) >= 11 is 3.40. The van der Waals surface area contributed by atoms with E-state index in [0.717, 1.165) is 28.8 Å². The Morgan fingerprint density at radius 3 is 2.93 bits per heavy atom. The summed E-state index contributed by atoms with van der Waals surface area (Å²) in [6.45, 7) is 6.79. The Morgan fingerprint density at radius 2 is 2.29 bits per heavy atom. The van der Waals surface area contributed by atoms with Gasteiger partial charge in [0, 0.05) is 11.0 Å². The molecule has 1 rings (SSSR count). The molecule has 14 heavy (non-hydrogen) atoms. The minimum atomic E-state index is 0.761. The van der Waals surface area contributed by atoms with Gasteiger partial charge in [0.2, 0.25) is 0 Å². The highest BCUT2D eigenvalue weighted by atomic mass is 79.9. The van der Waals surface area contributed by atoms with E-state index in [1.54, 1.807) is 0 Å². The third-order valence-electron chi connectivity index (χ3n) is 2.04. The fraction of sp³-hybridized carbons (Fsp3) is 0.273. The molecule has 0 aromatic heterocycles. The highest BCUT2D eigenvalue weighted by Gasteiger charge is 1.99. The molecule has 3 heteroatoms. The lowest BCUT2D eigenvalue weighted by Crippen LogP contribution is -2.05. The first-order valence-electron chi connectivity index (χ1n) is 4.59.